The Morgan fingerprint density at radius 1 is 0.707 bits per heavy atom. The molecule has 41 heavy (non-hydrogen) atoms. The summed E-state index contributed by atoms with van der Waals surface area (Å²) < 4.78 is 252. The Morgan fingerprint density at radius 3 is 1.49 bits per heavy atom. The van der Waals surface area contributed by atoms with E-state index in [1.807, 2.05) is 6.92 Å². The fourth-order valence-electron chi connectivity index (χ4n) is 2.48. The van der Waals surface area contributed by atoms with Gasteiger partial charge in [0.05, 0.1) is 0 Å². The highest BCUT2D eigenvalue weighted by Gasteiger charge is 2.96. The van der Waals surface area contributed by atoms with Crippen LogP contribution in [-0.2, 0) is 14.4 Å². The zero-order valence-corrected chi connectivity index (χ0v) is 21.1. The summed E-state index contributed by atoms with van der Waals surface area (Å²) >= 11 is 0. The average molecular weight is 668 g/mol. The van der Waals surface area contributed by atoms with Crippen molar-refractivity contribution in [3.05, 3.63) is 12.2 Å². The Bertz CT molecular complexity index is 1010. The van der Waals surface area contributed by atoms with Crippen LogP contribution < -0.4 is 11.2 Å². The smallest absolute Gasteiger partial charge is 0.326 e. The van der Waals surface area contributed by atoms with Crippen molar-refractivity contribution in [3.8, 4) is 0 Å². The Morgan fingerprint density at radius 2 is 1.10 bits per heavy atom. The molecule has 0 aromatic heterocycles. The molecule has 5 nitrogen and oxygen atoms in total. The van der Waals surface area contributed by atoms with Gasteiger partial charge >= 0.3 is 57.1 Å². The van der Waals surface area contributed by atoms with E-state index >= 15 is 0 Å². The largest absolute Gasteiger partial charge is 0.460 e. The van der Waals surface area contributed by atoms with Gasteiger partial charge < -0.3 is 5.73 Å². The van der Waals surface area contributed by atoms with Crippen LogP contribution in [0.5, 0.6) is 0 Å². The second-order valence-corrected chi connectivity index (χ2v) is 10.0. The molecule has 0 rings (SSSR count). The van der Waals surface area contributed by atoms with Crippen molar-refractivity contribution < 1.29 is 87.3 Å². The molecule has 0 saturated carbocycles. The van der Waals surface area contributed by atoms with Gasteiger partial charge in [-0.05, 0) is 19.8 Å². The van der Waals surface area contributed by atoms with Crippen LogP contribution in [0.3, 0.4) is 0 Å². The number of allylic oxidation sites excluding steroid dienone is 1. The normalized spacial score (nSPS) is 17.3. The maximum absolute atomic E-state index is 14.0. The molecule has 0 aromatic carbocycles. The number of hydroxylamine groups is 1. The number of alkyl halides is 17. The first-order valence-electron chi connectivity index (χ1n) is 10.7. The predicted molar refractivity (Wildman–Crippen MR) is 105 cm³/mol. The van der Waals surface area contributed by atoms with Gasteiger partial charge in [-0.1, -0.05) is 31.9 Å². The van der Waals surface area contributed by atoms with Gasteiger partial charge in [-0.3, -0.25) is 0 Å². The molecular formula is C18H21F17N2O3S. The molecule has 0 amide bonds. The van der Waals surface area contributed by atoms with E-state index in [2.05, 4.69) is 4.28 Å². The van der Waals surface area contributed by atoms with Crippen molar-refractivity contribution in [2.75, 3.05) is 0 Å². The topological polar surface area (TPSA) is 81.4 Å². The van der Waals surface area contributed by atoms with E-state index < -0.39 is 69.2 Å². The second kappa shape index (κ2) is 12.2. The zero-order valence-electron chi connectivity index (χ0n) is 20.3. The monoisotopic (exact) mass is 668 g/mol. The summed E-state index contributed by atoms with van der Waals surface area (Å²) in [6.07, 6.45) is -3.17. The minimum absolute atomic E-state index is 0.190. The molecule has 0 spiro atoms. The van der Waals surface area contributed by atoms with Crippen LogP contribution in [-0.4, -0.2) is 67.5 Å². The molecule has 0 aliphatic carbocycles. The molecule has 0 heterocycles. The van der Waals surface area contributed by atoms with Crippen LogP contribution in [0.1, 0.15) is 39.5 Å². The maximum atomic E-state index is 14.0. The standard InChI is InChI=1S/C18H21F17N2O3S/c1-3-4-5-6-7-8-10(36)9(2)37-40-41(38,39)18(34,35)16(29,30)14(25,26)12(21,22)11(19,20)13(23,24)15(27,28)17(31,32)33/h6-7,9-10,37H,3-5,8,36H2,1-2H3. The molecule has 0 aromatic rings. The number of halogens is 17. The fourth-order valence-corrected chi connectivity index (χ4v) is 3.31. The van der Waals surface area contributed by atoms with Gasteiger partial charge in [0.2, 0.25) is 0 Å². The first-order chi connectivity index (χ1) is 17.9. The second-order valence-electron chi connectivity index (χ2n) is 8.42. The lowest BCUT2D eigenvalue weighted by atomic mass is 9.91. The molecule has 0 radical (unpaired) electrons. The Balaban J connectivity index is 6.30. The van der Waals surface area contributed by atoms with Crippen molar-refractivity contribution in [1.29, 1.82) is 0 Å². The van der Waals surface area contributed by atoms with Crippen molar-refractivity contribution in [1.82, 2.24) is 5.48 Å². The van der Waals surface area contributed by atoms with E-state index in [9.17, 15) is 83.1 Å². The molecule has 0 fully saturated rings. The van der Waals surface area contributed by atoms with Crippen LogP contribution in [0.4, 0.5) is 74.6 Å². The van der Waals surface area contributed by atoms with Crippen LogP contribution in [0.2, 0.25) is 0 Å². The molecule has 246 valence electrons. The molecule has 2 atom stereocenters. The number of nitrogens with two attached hydrogens (primary N) is 1. The maximum Gasteiger partial charge on any atom is 0.460 e. The summed E-state index contributed by atoms with van der Waals surface area (Å²) in [5.74, 6) is -52.0. The summed E-state index contributed by atoms with van der Waals surface area (Å²) in [5, 5.41) is -7.76. The van der Waals surface area contributed by atoms with Crippen molar-refractivity contribution in [2.24, 2.45) is 5.73 Å². The molecule has 23 heteroatoms. The predicted octanol–water partition coefficient (Wildman–Crippen LogP) is 6.66. The number of hydrogen-bond donors (Lipinski definition) is 2. The summed E-state index contributed by atoms with van der Waals surface area (Å²) in [6.45, 7) is 2.65. The van der Waals surface area contributed by atoms with E-state index in [0.717, 1.165) is 18.8 Å². The van der Waals surface area contributed by atoms with Crippen LogP contribution in [0.25, 0.3) is 0 Å². The lowest BCUT2D eigenvalue weighted by Crippen LogP contribution is -2.75. The van der Waals surface area contributed by atoms with Gasteiger partial charge in [0, 0.05) is 12.1 Å². The molecule has 2 unspecified atom stereocenters. The molecule has 0 bridgehead atoms. The Kier molecular flexibility index (Phi) is 11.7. The number of hydrogen-bond acceptors (Lipinski definition) is 5. The van der Waals surface area contributed by atoms with Crippen molar-refractivity contribution >= 4 is 10.1 Å². The minimum atomic E-state index is -8.91. The summed E-state index contributed by atoms with van der Waals surface area (Å²) in [6, 6.07) is -2.96. The van der Waals surface area contributed by atoms with Crippen LogP contribution in [0.15, 0.2) is 12.2 Å². The van der Waals surface area contributed by atoms with Crippen LogP contribution >= 0.6 is 0 Å². The van der Waals surface area contributed by atoms with E-state index in [4.69, 9.17) is 5.73 Å². The van der Waals surface area contributed by atoms with Gasteiger partial charge in [-0.2, -0.15) is 92.8 Å². The highest BCUT2D eigenvalue weighted by atomic mass is 32.2. The SMILES string of the molecule is CCCCC=CCC(N)C(C)NOS(=O)(=O)C(F)(F)C(F)(F)C(F)(F)C(F)(F)C(F)(F)C(F)(F)C(F)(F)C(F)(F)F. The number of rotatable bonds is 16. The lowest BCUT2D eigenvalue weighted by molar-refractivity contribution is -0.458. The molecule has 3 N–H and O–H groups in total. The Hall–Kier alpha value is -1.62. The van der Waals surface area contributed by atoms with E-state index in [0.29, 0.717) is 12.8 Å². The van der Waals surface area contributed by atoms with Gasteiger partial charge in [0.25, 0.3) is 0 Å². The Labute approximate surface area is 220 Å². The van der Waals surface area contributed by atoms with Crippen molar-refractivity contribution in [3.63, 3.8) is 0 Å². The zero-order chi connectivity index (χ0) is 33.3. The molecular weight excluding hydrogens is 647 g/mol. The number of unbranched alkanes of at least 4 members (excludes halogenated alkanes) is 2. The minimum Gasteiger partial charge on any atom is -0.326 e. The molecule has 0 aliphatic rings. The summed E-state index contributed by atoms with van der Waals surface area (Å²) in [4.78, 5) is 0. The third kappa shape index (κ3) is 6.65. The van der Waals surface area contributed by atoms with Gasteiger partial charge in [0.1, 0.15) is 0 Å². The average Bonchev–Trinajstić information content (AvgIpc) is 2.80. The first kappa shape index (κ1) is 39.4. The van der Waals surface area contributed by atoms with Crippen molar-refractivity contribution in [2.45, 2.75) is 98.6 Å². The first-order valence-corrected chi connectivity index (χ1v) is 12.1. The van der Waals surface area contributed by atoms with E-state index in [-0.39, 0.29) is 6.42 Å². The molecule has 0 saturated heterocycles. The quantitative estimate of drug-likeness (QED) is 0.0833. The van der Waals surface area contributed by atoms with E-state index in [1.54, 1.807) is 6.08 Å². The summed E-state index contributed by atoms with van der Waals surface area (Å²) in [5.41, 5.74) is 6.55. The molecule has 0 aliphatic heterocycles. The fraction of sp³-hybridized carbons (Fsp3) is 0.889. The van der Waals surface area contributed by atoms with Gasteiger partial charge in [-0.15, -0.1) is 0 Å². The lowest BCUT2D eigenvalue weighted by Gasteiger charge is -2.42. The van der Waals surface area contributed by atoms with E-state index in [1.165, 1.54) is 6.08 Å². The van der Waals surface area contributed by atoms with Gasteiger partial charge in [-0.25, -0.2) is 0 Å². The van der Waals surface area contributed by atoms with Gasteiger partial charge in [0.15, 0.2) is 0 Å². The highest BCUT2D eigenvalue weighted by Crippen LogP contribution is 2.64. The van der Waals surface area contributed by atoms with Crippen LogP contribution in [0, 0.1) is 0 Å². The third-order valence-corrected chi connectivity index (χ3v) is 6.49. The third-order valence-electron chi connectivity index (χ3n) is 5.29. The summed E-state index contributed by atoms with van der Waals surface area (Å²) in [7, 11) is -7.70. The number of nitrogens with one attached hydrogen (secondary N) is 1. The highest BCUT2D eigenvalue weighted by molar-refractivity contribution is 7.87.